The normalized spacial score (nSPS) is 27.2. The minimum Gasteiger partial charge on any atom is -0.374 e. The molecule has 1 aliphatic heterocycles. The smallest absolute Gasteiger partial charge is 0.237 e. The van der Waals surface area contributed by atoms with Crippen LogP contribution in [0, 0.1) is 0 Å². The molecule has 2 fully saturated rings. The molecule has 116 valence electrons. The molecule has 0 bridgehead atoms. The third-order valence-corrected chi connectivity index (χ3v) is 4.48. The van der Waals surface area contributed by atoms with E-state index in [0.29, 0.717) is 12.6 Å². The maximum Gasteiger partial charge on any atom is 0.237 e. The quantitative estimate of drug-likeness (QED) is 0.781. The average molecular weight is 283 g/mol. The number of ether oxygens (including phenoxy) is 1. The molecule has 0 radical (unpaired) electrons. The predicted octanol–water partition coefficient (Wildman–Crippen LogP) is 0.744. The molecule has 20 heavy (non-hydrogen) atoms. The molecule has 5 heteroatoms. The van der Waals surface area contributed by atoms with Crippen LogP contribution in [-0.2, 0) is 9.53 Å². The molecule has 2 unspecified atom stereocenters. The van der Waals surface area contributed by atoms with Crippen molar-refractivity contribution in [1.82, 2.24) is 15.5 Å². The van der Waals surface area contributed by atoms with E-state index in [9.17, 15) is 4.79 Å². The minimum atomic E-state index is -0.0554. The number of amides is 1. The Kier molecular flexibility index (Phi) is 6.26. The van der Waals surface area contributed by atoms with Gasteiger partial charge in [0.25, 0.3) is 0 Å². The second-order valence-corrected chi connectivity index (χ2v) is 6.06. The molecule has 2 N–H and O–H groups in total. The monoisotopic (exact) mass is 283 g/mol. The summed E-state index contributed by atoms with van der Waals surface area (Å²) in [4.78, 5) is 14.6. The molecule has 2 atom stereocenters. The van der Waals surface area contributed by atoms with Crippen molar-refractivity contribution in [3.63, 3.8) is 0 Å². The van der Waals surface area contributed by atoms with Gasteiger partial charge in [-0.15, -0.1) is 0 Å². The molecule has 2 rings (SSSR count). The fourth-order valence-electron chi connectivity index (χ4n) is 3.18. The predicted molar refractivity (Wildman–Crippen MR) is 79.7 cm³/mol. The van der Waals surface area contributed by atoms with Gasteiger partial charge in [0.1, 0.15) is 0 Å². The zero-order chi connectivity index (χ0) is 14.4. The van der Waals surface area contributed by atoms with E-state index in [1.54, 1.807) is 0 Å². The first-order chi connectivity index (χ1) is 9.70. The van der Waals surface area contributed by atoms with Crippen molar-refractivity contribution in [2.24, 2.45) is 0 Å². The van der Waals surface area contributed by atoms with Crippen LogP contribution in [0.25, 0.3) is 0 Å². The Balaban J connectivity index is 1.79. The van der Waals surface area contributed by atoms with Crippen molar-refractivity contribution in [3.8, 4) is 0 Å². The Morgan fingerprint density at radius 3 is 2.80 bits per heavy atom. The van der Waals surface area contributed by atoms with Gasteiger partial charge >= 0.3 is 0 Å². The first kappa shape index (κ1) is 15.7. The molecular weight excluding hydrogens is 254 g/mol. The fourth-order valence-corrected chi connectivity index (χ4v) is 3.18. The van der Waals surface area contributed by atoms with Gasteiger partial charge in [-0.3, -0.25) is 9.69 Å². The molecule has 5 nitrogen and oxygen atoms in total. The number of rotatable bonds is 5. The van der Waals surface area contributed by atoms with E-state index < -0.39 is 0 Å². The number of hydrogen-bond donors (Lipinski definition) is 2. The molecule has 0 spiro atoms. The topological polar surface area (TPSA) is 53.6 Å². The highest BCUT2D eigenvalue weighted by atomic mass is 16.5. The van der Waals surface area contributed by atoms with E-state index in [1.807, 2.05) is 14.0 Å². The Labute approximate surface area is 122 Å². The molecule has 1 saturated heterocycles. The molecule has 1 heterocycles. The number of morpholine rings is 1. The molecule has 1 amide bonds. The van der Waals surface area contributed by atoms with Gasteiger partial charge in [0.05, 0.1) is 18.8 Å². The maximum absolute atomic E-state index is 12.4. The van der Waals surface area contributed by atoms with Gasteiger partial charge < -0.3 is 15.4 Å². The standard InChI is InChI=1S/C15H29N3O2/c1-12(15(19)17-13-6-4-3-5-7-13)18-8-9-20-14(11-18)10-16-2/h12-14,16H,3-11H2,1-2H3,(H,17,19). The van der Waals surface area contributed by atoms with Crippen molar-refractivity contribution in [2.45, 2.75) is 57.2 Å². The highest BCUT2D eigenvalue weighted by Crippen LogP contribution is 2.18. The Morgan fingerprint density at radius 1 is 1.35 bits per heavy atom. The number of nitrogens with one attached hydrogen (secondary N) is 2. The van der Waals surface area contributed by atoms with Crippen LogP contribution in [0.2, 0.25) is 0 Å². The second kappa shape index (κ2) is 7.96. The van der Waals surface area contributed by atoms with E-state index >= 15 is 0 Å². The number of carbonyl (C=O) groups is 1. The van der Waals surface area contributed by atoms with Gasteiger partial charge in [-0.1, -0.05) is 19.3 Å². The summed E-state index contributed by atoms with van der Waals surface area (Å²) >= 11 is 0. The summed E-state index contributed by atoms with van der Waals surface area (Å²) in [6.07, 6.45) is 6.30. The fraction of sp³-hybridized carbons (Fsp3) is 0.933. The summed E-state index contributed by atoms with van der Waals surface area (Å²) in [6.45, 7) is 5.25. The summed E-state index contributed by atoms with van der Waals surface area (Å²) in [7, 11) is 1.93. The molecule has 0 aromatic carbocycles. The third kappa shape index (κ3) is 4.43. The lowest BCUT2D eigenvalue weighted by molar-refractivity contribution is -0.130. The first-order valence-electron chi connectivity index (χ1n) is 8.01. The number of hydrogen-bond acceptors (Lipinski definition) is 4. The van der Waals surface area contributed by atoms with Crippen LogP contribution in [-0.4, -0.2) is 62.3 Å². The number of carbonyl (C=O) groups excluding carboxylic acids is 1. The van der Waals surface area contributed by atoms with Crippen LogP contribution >= 0.6 is 0 Å². The van der Waals surface area contributed by atoms with Crippen molar-refractivity contribution in [2.75, 3.05) is 33.3 Å². The van der Waals surface area contributed by atoms with E-state index in [-0.39, 0.29) is 18.1 Å². The van der Waals surface area contributed by atoms with E-state index in [4.69, 9.17) is 4.74 Å². The zero-order valence-corrected chi connectivity index (χ0v) is 12.9. The highest BCUT2D eigenvalue weighted by Gasteiger charge is 2.28. The molecule has 1 saturated carbocycles. The van der Waals surface area contributed by atoms with Crippen molar-refractivity contribution < 1.29 is 9.53 Å². The minimum absolute atomic E-state index is 0.0554. The number of nitrogens with zero attached hydrogens (tertiary/aromatic N) is 1. The highest BCUT2D eigenvalue weighted by molar-refractivity contribution is 5.81. The summed E-state index contributed by atoms with van der Waals surface area (Å²) in [6, 6.07) is 0.341. The van der Waals surface area contributed by atoms with E-state index in [1.165, 1.54) is 19.3 Å². The van der Waals surface area contributed by atoms with Crippen LogP contribution in [0.15, 0.2) is 0 Å². The molecule has 2 aliphatic rings. The van der Waals surface area contributed by atoms with Gasteiger partial charge in [-0.25, -0.2) is 0 Å². The summed E-state index contributed by atoms with van der Waals surface area (Å²) in [5, 5.41) is 6.37. The Morgan fingerprint density at radius 2 is 2.10 bits per heavy atom. The van der Waals surface area contributed by atoms with Gasteiger partial charge in [0.15, 0.2) is 0 Å². The van der Waals surface area contributed by atoms with E-state index in [0.717, 1.165) is 32.5 Å². The van der Waals surface area contributed by atoms with Crippen molar-refractivity contribution in [3.05, 3.63) is 0 Å². The van der Waals surface area contributed by atoms with Crippen LogP contribution in [0.1, 0.15) is 39.0 Å². The lowest BCUT2D eigenvalue weighted by atomic mass is 9.95. The van der Waals surface area contributed by atoms with Crippen LogP contribution in [0.5, 0.6) is 0 Å². The first-order valence-corrected chi connectivity index (χ1v) is 8.01. The van der Waals surface area contributed by atoms with Crippen molar-refractivity contribution in [1.29, 1.82) is 0 Å². The largest absolute Gasteiger partial charge is 0.374 e. The SMILES string of the molecule is CNCC1CN(C(C)C(=O)NC2CCCCC2)CCO1. The zero-order valence-electron chi connectivity index (χ0n) is 12.9. The Bertz CT molecular complexity index is 303. The lowest BCUT2D eigenvalue weighted by Crippen LogP contribution is -2.55. The summed E-state index contributed by atoms with van der Waals surface area (Å²) in [5.74, 6) is 0.182. The van der Waals surface area contributed by atoms with Crippen molar-refractivity contribution >= 4 is 5.91 Å². The Hall–Kier alpha value is -0.650. The van der Waals surface area contributed by atoms with E-state index in [2.05, 4.69) is 15.5 Å². The molecule has 0 aromatic heterocycles. The number of likely N-dealkylation sites (N-methyl/N-ethyl adjacent to an activating group) is 1. The molecular formula is C15H29N3O2. The van der Waals surface area contributed by atoms with Crippen LogP contribution in [0.4, 0.5) is 0 Å². The molecule has 0 aromatic rings. The van der Waals surface area contributed by atoms with Gasteiger partial charge in [-0.2, -0.15) is 0 Å². The summed E-state index contributed by atoms with van der Waals surface area (Å²) < 4.78 is 5.69. The second-order valence-electron chi connectivity index (χ2n) is 6.06. The van der Waals surface area contributed by atoms with Crippen LogP contribution < -0.4 is 10.6 Å². The summed E-state index contributed by atoms with van der Waals surface area (Å²) in [5.41, 5.74) is 0. The average Bonchev–Trinajstić information content (AvgIpc) is 2.48. The van der Waals surface area contributed by atoms with Gasteiger partial charge in [0.2, 0.25) is 5.91 Å². The van der Waals surface area contributed by atoms with Gasteiger partial charge in [-0.05, 0) is 26.8 Å². The lowest BCUT2D eigenvalue weighted by Gasteiger charge is -2.36. The molecule has 1 aliphatic carbocycles. The third-order valence-electron chi connectivity index (χ3n) is 4.48. The maximum atomic E-state index is 12.4. The van der Waals surface area contributed by atoms with Crippen LogP contribution in [0.3, 0.4) is 0 Å². The van der Waals surface area contributed by atoms with Gasteiger partial charge in [0, 0.05) is 25.7 Å².